The van der Waals surface area contributed by atoms with E-state index in [1.165, 1.54) is 45.0 Å². The molecule has 118 valence electrons. The zero-order valence-electron chi connectivity index (χ0n) is 12.8. The molecule has 2 N–H and O–H groups in total. The molecule has 0 spiro atoms. The van der Waals surface area contributed by atoms with Gasteiger partial charge in [0, 0.05) is 12.8 Å². The first-order valence-electron chi connectivity index (χ1n) is 7.76. The van der Waals surface area contributed by atoms with Crippen LogP contribution in [-0.2, 0) is 16.4 Å². The predicted molar refractivity (Wildman–Crippen MR) is 86.1 cm³/mol. The van der Waals surface area contributed by atoms with Crippen molar-refractivity contribution in [3.8, 4) is 0 Å². The summed E-state index contributed by atoms with van der Waals surface area (Å²) in [5.41, 5.74) is 1.13. The monoisotopic (exact) mass is 310 g/mol. The van der Waals surface area contributed by atoms with Gasteiger partial charge in [0.1, 0.15) is 0 Å². The van der Waals surface area contributed by atoms with Crippen molar-refractivity contribution >= 4 is 9.84 Å². The highest BCUT2D eigenvalue weighted by molar-refractivity contribution is 7.90. The lowest BCUT2D eigenvalue weighted by atomic mass is 9.95. The molecule has 1 aliphatic rings. The van der Waals surface area contributed by atoms with Crippen LogP contribution in [0.1, 0.15) is 31.2 Å². The standard InChI is InChI=1S/C16H26N2O2S/c1-21(19,20)16-8-6-15(7-9-16)13-18-11-3-5-14-4-2-10-17-12-14/h6-9,14,17-18H,2-5,10-13H2,1H3. The molecule has 1 fully saturated rings. The second-order valence-electron chi connectivity index (χ2n) is 5.95. The zero-order chi connectivity index (χ0) is 15.1. The van der Waals surface area contributed by atoms with E-state index in [0.717, 1.165) is 24.6 Å². The lowest BCUT2D eigenvalue weighted by Gasteiger charge is -2.22. The third-order valence-corrected chi connectivity index (χ3v) is 5.17. The second kappa shape index (κ2) is 7.92. The van der Waals surface area contributed by atoms with Crippen LogP contribution < -0.4 is 10.6 Å². The van der Waals surface area contributed by atoms with Crippen molar-refractivity contribution in [1.29, 1.82) is 0 Å². The number of hydrogen-bond donors (Lipinski definition) is 2. The van der Waals surface area contributed by atoms with Crippen LogP contribution in [0.3, 0.4) is 0 Å². The summed E-state index contributed by atoms with van der Waals surface area (Å²) in [5, 5.41) is 6.88. The third-order valence-electron chi connectivity index (χ3n) is 4.05. The molecule has 0 radical (unpaired) electrons. The van der Waals surface area contributed by atoms with Crippen molar-refractivity contribution < 1.29 is 8.42 Å². The van der Waals surface area contributed by atoms with E-state index in [1.807, 2.05) is 12.1 Å². The number of piperidine rings is 1. The minimum Gasteiger partial charge on any atom is -0.316 e. The summed E-state index contributed by atoms with van der Waals surface area (Å²) in [5.74, 6) is 0.842. The van der Waals surface area contributed by atoms with Crippen LogP contribution >= 0.6 is 0 Å². The molecule has 0 aliphatic carbocycles. The van der Waals surface area contributed by atoms with E-state index in [9.17, 15) is 8.42 Å². The van der Waals surface area contributed by atoms with Gasteiger partial charge < -0.3 is 10.6 Å². The summed E-state index contributed by atoms with van der Waals surface area (Å²) >= 11 is 0. The van der Waals surface area contributed by atoms with E-state index in [4.69, 9.17) is 0 Å². The average Bonchev–Trinajstić information content (AvgIpc) is 2.47. The van der Waals surface area contributed by atoms with Gasteiger partial charge in [0.05, 0.1) is 4.90 Å². The SMILES string of the molecule is CS(=O)(=O)c1ccc(CNCCCC2CCCNC2)cc1. The quantitative estimate of drug-likeness (QED) is 0.756. The third kappa shape index (κ3) is 5.77. The Kier molecular flexibility index (Phi) is 6.21. The van der Waals surface area contributed by atoms with Crippen molar-refractivity contribution in [2.45, 2.75) is 37.1 Å². The van der Waals surface area contributed by atoms with Gasteiger partial charge in [-0.1, -0.05) is 12.1 Å². The predicted octanol–water partition coefficient (Wildman–Crippen LogP) is 1.96. The molecule has 1 aliphatic heterocycles. The zero-order valence-corrected chi connectivity index (χ0v) is 13.6. The molecule has 21 heavy (non-hydrogen) atoms. The lowest BCUT2D eigenvalue weighted by molar-refractivity contribution is 0.348. The molecular formula is C16H26N2O2S. The first-order valence-corrected chi connectivity index (χ1v) is 9.65. The van der Waals surface area contributed by atoms with Gasteiger partial charge >= 0.3 is 0 Å². The van der Waals surface area contributed by atoms with E-state index in [-0.39, 0.29) is 0 Å². The Labute approximate surface area is 128 Å². The fraction of sp³-hybridized carbons (Fsp3) is 0.625. The first-order chi connectivity index (χ1) is 10.1. The Hall–Kier alpha value is -0.910. The molecule has 5 heteroatoms. The summed E-state index contributed by atoms with van der Waals surface area (Å²) < 4.78 is 22.7. The van der Waals surface area contributed by atoms with Gasteiger partial charge in [0.15, 0.2) is 9.84 Å². The van der Waals surface area contributed by atoms with Gasteiger partial charge in [-0.3, -0.25) is 0 Å². The van der Waals surface area contributed by atoms with Crippen LogP contribution in [0.5, 0.6) is 0 Å². The van der Waals surface area contributed by atoms with Gasteiger partial charge in [-0.15, -0.1) is 0 Å². The van der Waals surface area contributed by atoms with E-state index in [1.54, 1.807) is 12.1 Å². The Morgan fingerprint density at radius 1 is 1.29 bits per heavy atom. The Morgan fingerprint density at radius 2 is 2.05 bits per heavy atom. The van der Waals surface area contributed by atoms with Crippen LogP contribution in [0.25, 0.3) is 0 Å². The summed E-state index contributed by atoms with van der Waals surface area (Å²) in [4.78, 5) is 0.385. The number of hydrogen-bond acceptors (Lipinski definition) is 4. The van der Waals surface area contributed by atoms with Crippen LogP contribution in [0.15, 0.2) is 29.2 Å². The maximum absolute atomic E-state index is 11.4. The van der Waals surface area contributed by atoms with Gasteiger partial charge in [0.2, 0.25) is 0 Å². The molecule has 4 nitrogen and oxygen atoms in total. The highest BCUT2D eigenvalue weighted by Crippen LogP contribution is 2.15. The fourth-order valence-electron chi connectivity index (χ4n) is 2.77. The van der Waals surface area contributed by atoms with Gasteiger partial charge in [-0.25, -0.2) is 8.42 Å². The maximum atomic E-state index is 11.4. The number of nitrogens with one attached hydrogen (secondary N) is 2. The normalized spacial score (nSPS) is 19.6. The van der Waals surface area contributed by atoms with Crippen molar-refractivity contribution in [3.63, 3.8) is 0 Å². The van der Waals surface area contributed by atoms with Crippen molar-refractivity contribution in [2.75, 3.05) is 25.9 Å². The van der Waals surface area contributed by atoms with Gasteiger partial charge in [-0.2, -0.15) is 0 Å². The molecule has 1 atom stereocenters. The van der Waals surface area contributed by atoms with Crippen molar-refractivity contribution in [1.82, 2.24) is 10.6 Å². The van der Waals surface area contributed by atoms with Gasteiger partial charge in [-0.05, 0) is 68.9 Å². The number of rotatable bonds is 7. The maximum Gasteiger partial charge on any atom is 0.175 e. The molecule has 1 aromatic rings. The first kappa shape index (κ1) is 16.5. The topological polar surface area (TPSA) is 58.2 Å². The molecule has 1 heterocycles. The highest BCUT2D eigenvalue weighted by atomic mass is 32.2. The Morgan fingerprint density at radius 3 is 2.67 bits per heavy atom. The van der Waals surface area contributed by atoms with E-state index < -0.39 is 9.84 Å². The summed E-state index contributed by atoms with van der Waals surface area (Å²) in [6, 6.07) is 7.13. The van der Waals surface area contributed by atoms with Crippen LogP contribution in [-0.4, -0.2) is 34.3 Å². The second-order valence-corrected chi connectivity index (χ2v) is 7.96. The van der Waals surface area contributed by atoms with Crippen molar-refractivity contribution in [3.05, 3.63) is 29.8 Å². The largest absolute Gasteiger partial charge is 0.316 e. The summed E-state index contributed by atoms with van der Waals surface area (Å²) in [6.07, 6.45) is 6.39. The van der Waals surface area contributed by atoms with Crippen LogP contribution in [0, 0.1) is 5.92 Å². The molecular weight excluding hydrogens is 284 g/mol. The molecule has 0 bridgehead atoms. The van der Waals surface area contributed by atoms with E-state index in [2.05, 4.69) is 10.6 Å². The Bertz CT molecular complexity index is 520. The number of sulfone groups is 1. The number of benzene rings is 1. The summed E-state index contributed by atoms with van der Waals surface area (Å²) in [6.45, 7) is 4.17. The van der Waals surface area contributed by atoms with Crippen LogP contribution in [0.2, 0.25) is 0 Å². The Balaban J connectivity index is 1.64. The van der Waals surface area contributed by atoms with Crippen molar-refractivity contribution in [2.24, 2.45) is 5.92 Å². The molecule has 0 amide bonds. The molecule has 2 rings (SSSR count). The van der Waals surface area contributed by atoms with E-state index in [0.29, 0.717) is 4.90 Å². The summed E-state index contributed by atoms with van der Waals surface area (Å²) in [7, 11) is -3.09. The molecule has 1 aromatic carbocycles. The molecule has 1 unspecified atom stereocenters. The minimum atomic E-state index is -3.09. The van der Waals surface area contributed by atoms with E-state index >= 15 is 0 Å². The minimum absolute atomic E-state index is 0.385. The lowest BCUT2D eigenvalue weighted by Crippen LogP contribution is -2.30. The highest BCUT2D eigenvalue weighted by Gasteiger charge is 2.11. The fourth-order valence-corrected chi connectivity index (χ4v) is 3.40. The van der Waals surface area contributed by atoms with Crippen LogP contribution in [0.4, 0.5) is 0 Å². The smallest absolute Gasteiger partial charge is 0.175 e. The average molecular weight is 310 g/mol. The molecule has 0 saturated carbocycles. The molecule has 1 saturated heterocycles. The van der Waals surface area contributed by atoms with Gasteiger partial charge in [0.25, 0.3) is 0 Å². The molecule has 0 aromatic heterocycles.